The first-order chi connectivity index (χ1) is 12.0. The van der Waals surface area contributed by atoms with Crippen LogP contribution in [0.15, 0.2) is 46.0 Å². The maximum atomic E-state index is 11.8. The lowest BCUT2D eigenvalue weighted by molar-refractivity contribution is -0.123. The van der Waals surface area contributed by atoms with Gasteiger partial charge >= 0.3 is 0 Å². The van der Waals surface area contributed by atoms with Gasteiger partial charge in [-0.15, -0.1) is 0 Å². The van der Waals surface area contributed by atoms with Crippen molar-refractivity contribution in [3.05, 3.63) is 51.5 Å². The minimum Gasteiger partial charge on any atom is -0.497 e. The fourth-order valence-electron chi connectivity index (χ4n) is 1.87. The van der Waals surface area contributed by atoms with Crippen molar-refractivity contribution in [2.24, 2.45) is 5.10 Å². The number of hydrogen-bond donors (Lipinski definition) is 1. The number of carbonyl (C=O) groups excluding carboxylic acids is 1. The number of amides is 1. The highest BCUT2D eigenvalue weighted by Crippen LogP contribution is 2.27. The van der Waals surface area contributed by atoms with E-state index < -0.39 is 5.91 Å². The summed E-state index contributed by atoms with van der Waals surface area (Å²) in [6, 6.07) is 10.3. The molecule has 0 fully saturated rings. The second-order valence-electron chi connectivity index (χ2n) is 4.76. The summed E-state index contributed by atoms with van der Waals surface area (Å²) >= 11 is 9.16. The maximum Gasteiger partial charge on any atom is 0.277 e. The van der Waals surface area contributed by atoms with Crippen LogP contribution in [-0.2, 0) is 4.79 Å². The van der Waals surface area contributed by atoms with E-state index in [1.54, 1.807) is 50.6 Å². The third kappa shape index (κ3) is 5.65. The lowest BCUT2D eigenvalue weighted by Crippen LogP contribution is -2.24. The van der Waals surface area contributed by atoms with E-state index in [0.717, 1.165) is 0 Å². The summed E-state index contributed by atoms with van der Waals surface area (Å²) in [4.78, 5) is 11.8. The van der Waals surface area contributed by atoms with E-state index in [4.69, 9.17) is 25.8 Å². The molecule has 25 heavy (non-hydrogen) atoms. The molecular weight excluding hydrogens is 412 g/mol. The molecule has 8 heteroatoms. The van der Waals surface area contributed by atoms with Gasteiger partial charge in [-0.2, -0.15) is 5.10 Å². The van der Waals surface area contributed by atoms with Gasteiger partial charge in [-0.05, 0) is 46.3 Å². The third-order valence-electron chi connectivity index (χ3n) is 3.09. The summed E-state index contributed by atoms with van der Waals surface area (Å²) in [5, 5.41) is 4.47. The van der Waals surface area contributed by atoms with Crippen LogP contribution in [0.25, 0.3) is 0 Å². The fourth-order valence-corrected chi connectivity index (χ4v) is 2.66. The Morgan fingerprint density at radius 1 is 1.20 bits per heavy atom. The van der Waals surface area contributed by atoms with Crippen LogP contribution in [0.3, 0.4) is 0 Å². The Labute approximate surface area is 158 Å². The summed E-state index contributed by atoms with van der Waals surface area (Å²) in [5.41, 5.74) is 3.09. The maximum absolute atomic E-state index is 11.8. The minimum atomic E-state index is -0.398. The van der Waals surface area contributed by atoms with E-state index in [9.17, 15) is 4.79 Å². The van der Waals surface area contributed by atoms with Crippen LogP contribution in [-0.4, -0.2) is 32.9 Å². The Kier molecular flexibility index (Phi) is 7.09. The Morgan fingerprint density at radius 2 is 2.00 bits per heavy atom. The van der Waals surface area contributed by atoms with E-state index in [2.05, 4.69) is 26.5 Å². The topological polar surface area (TPSA) is 69.2 Å². The summed E-state index contributed by atoms with van der Waals surface area (Å²) in [6.45, 7) is -0.183. The van der Waals surface area contributed by atoms with Crippen molar-refractivity contribution in [1.82, 2.24) is 5.43 Å². The van der Waals surface area contributed by atoms with Crippen LogP contribution in [0, 0.1) is 0 Å². The average molecular weight is 428 g/mol. The molecule has 2 aromatic carbocycles. The molecule has 6 nitrogen and oxygen atoms in total. The quantitative estimate of drug-likeness (QED) is 0.541. The molecule has 0 aliphatic heterocycles. The van der Waals surface area contributed by atoms with Crippen molar-refractivity contribution in [2.75, 3.05) is 20.8 Å². The zero-order valence-electron chi connectivity index (χ0n) is 13.6. The molecule has 0 saturated heterocycles. The monoisotopic (exact) mass is 426 g/mol. The van der Waals surface area contributed by atoms with Gasteiger partial charge in [0.2, 0.25) is 0 Å². The number of hydrogen-bond acceptors (Lipinski definition) is 5. The zero-order chi connectivity index (χ0) is 18.2. The summed E-state index contributed by atoms with van der Waals surface area (Å²) in [5.74, 6) is 1.37. The molecule has 0 radical (unpaired) electrons. The largest absolute Gasteiger partial charge is 0.497 e. The van der Waals surface area contributed by atoms with Crippen molar-refractivity contribution in [2.45, 2.75) is 0 Å². The van der Waals surface area contributed by atoms with E-state index in [1.807, 2.05) is 0 Å². The molecule has 2 aromatic rings. The highest BCUT2D eigenvalue weighted by molar-refractivity contribution is 9.10. The van der Waals surface area contributed by atoms with Crippen LogP contribution in [0.5, 0.6) is 17.2 Å². The lowest BCUT2D eigenvalue weighted by atomic mass is 10.2. The number of rotatable bonds is 7. The van der Waals surface area contributed by atoms with Crippen molar-refractivity contribution in [3.8, 4) is 17.2 Å². The molecule has 0 aromatic heterocycles. The number of methoxy groups -OCH3 is 2. The van der Waals surface area contributed by atoms with Crippen molar-refractivity contribution in [3.63, 3.8) is 0 Å². The first-order valence-corrected chi connectivity index (χ1v) is 8.32. The predicted octanol–water partition coefficient (Wildman–Crippen LogP) is 3.65. The van der Waals surface area contributed by atoms with Crippen LogP contribution >= 0.6 is 27.5 Å². The molecule has 0 spiro atoms. The molecule has 0 bridgehead atoms. The van der Waals surface area contributed by atoms with Crippen LogP contribution in [0.4, 0.5) is 0 Å². The van der Waals surface area contributed by atoms with Gasteiger partial charge in [-0.3, -0.25) is 4.79 Å². The molecule has 0 unspecified atom stereocenters. The van der Waals surface area contributed by atoms with E-state index >= 15 is 0 Å². The van der Waals surface area contributed by atoms with Crippen molar-refractivity contribution < 1.29 is 19.0 Å². The first-order valence-electron chi connectivity index (χ1n) is 7.15. The molecule has 132 valence electrons. The van der Waals surface area contributed by atoms with Gasteiger partial charge in [-0.25, -0.2) is 5.43 Å². The average Bonchev–Trinajstić information content (AvgIpc) is 2.61. The van der Waals surface area contributed by atoms with Crippen molar-refractivity contribution in [1.29, 1.82) is 0 Å². The molecular formula is C17H16BrClN2O4. The molecule has 2 rings (SSSR count). The standard InChI is InChI=1S/C17H16BrClN2O4/c1-23-13-5-3-11(16(8-13)24-2)9-20-21-17(22)10-25-15-6-4-12(19)7-14(15)18/h3-9H,10H2,1-2H3,(H,21,22). The summed E-state index contributed by atoms with van der Waals surface area (Å²) in [6.07, 6.45) is 1.48. The Bertz CT molecular complexity index is 783. The summed E-state index contributed by atoms with van der Waals surface area (Å²) in [7, 11) is 3.12. The second kappa shape index (κ2) is 9.29. The number of hydrazone groups is 1. The smallest absolute Gasteiger partial charge is 0.277 e. The van der Waals surface area contributed by atoms with Gasteiger partial charge in [0, 0.05) is 16.7 Å². The Morgan fingerprint density at radius 3 is 2.68 bits per heavy atom. The van der Waals surface area contributed by atoms with E-state index in [-0.39, 0.29) is 6.61 Å². The van der Waals surface area contributed by atoms with E-state index in [0.29, 0.717) is 32.3 Å². The molecule has 0 heterocycles. The molecule has 1 N–H and O–H groups in total. The van der Waals surface area contributed by atoms with Gasteiger partial charge in [0.1, 0.15) is 17.2 Å². The Hall–Kier alpha value is -2.25. The van der Waals surface area contributed by atoms with Gasteiger partial charge in [-0.1, -0.05) is 11.6 Å². The van der Waals surface area contributed by atoms with E-state index in [1.165, 1.54) is 6.21 Å². The Balaban J connectivity index is 1.90. The van der Waals surface area contributed by atoms with Crippen LogP contribution in [0.1, 0.15) is 5.56 Å². The number of ether oxygens (including phenoxy) is 3. The van der Waals surface area contributed by atoms with Crippen molar-refractivity contribution >= 4 is 39.7 Å². The second-order valence-corrected chi connectivity index (χ2v) is 6.06. The van der Waals surface area contributed by atoms with Gasteiger partial charge < -0.3 is 14.2 Å². The number of halogens is 2. The van der Waals surface area contributed by atoms with Gasteiger partial charge in [0.15, 0.2) is 6.61 Å². The minimum absolute atomic E-state index is 0.183. The van der Waals surface area contributed by atoms with Crippen LogP contribution < -0.4 is 19.6 Å². The number of carbonyl (C=O) groups is 1. The molecule has 0 atom stereocenters. The van der Waals surface area contributed by atoms with Crippen LogP contribution in [0.2, 0.25) is 5.02 Å². The number of benzene rings is 2. The number of nitrogens with one attached hydrogen (secondary N) is 1. The summed E-state index contributed by atoms with van der Waals surface area (Å²) < 4.78 is 16.4. The highest BCUT2D eigenvalue weighted by Gasteiger charge is 2.06. The fraction of sp³-hybridized carbons (Fsp3) is 0.176. The first kappa shape index (κ1) is 19.1. The molecule has 0 aliphatic carbocycles. The van der Waals surface area contributed by atoms with Gasteiger partial charge in [0.05, 0.1) is 24.9 Å². The predicted molar refractivity (Wildman–Crippen MR) is 99.9 cm³/mol. The molecule has 0 aliphatic rings. The zero-order valence-corrected chi connectivity index (χ0v) is 15.9. The SMILES string of the molecule is COc1ccc(C=NNC(=O)COc2ccc(Cl)cc2Br)c(OC)c1. The molecule has 0 saturated carbocycles. The molecule has 1 amide bonds. The normalized spacial score (nSPS) is 10.6. The van der Waals surface area contributed by atoms with Gasteiger partial charge in [0.25, 0.3) is 5.91 Å². The lowest BCUT2D eigenvalue weighted by Gasteiger charge is -2.08. The highest BCUT2D eigenvalue weighted by atomic mass is 79.9. The third-order valence-corrected chi connectivity index (χ3v) is 3.94. The number of nitrogens with zero attached hydrogens (tertiary/aromatic N) is 1.